The van der Waals surface area contributed by atoms with Crippen molar-refractivity contribution in [1.82, 2.24) is 0 Å². The van der Waals surface area contributed by atoms with E-state index in [2.05, 4.69) is 0 Å². The zero-order chi connectivity index (χ0) is 22.4. The molecule has 4 N–H and O–H groups in total. The number of nitrogens with two attached hydrogens (primary N) is 1. The molecule has 2 rings (SSSR count). The van der Waals surface area contributed by atoms with Gasteiger partial charge in [0.2, 0.25) is 0 Å². The summed E-state index contributed by atoms with van der Waals surface area (Å²) >= 11 is 0. The number of carboxylic acids is 1. The SMILES string of the molecule is CC(C)[C@H](N)C(=O)O.CC(O)C(=O)Oc1ccc2ccccc2c1.CCOCC. The van der Waals surface area contributed by atoms with E-state index in [1.165, 1.54) is 6.92 Å². The zero-order valence-corrected chi connectivity index (χ0v) is 17.8. The number of carboxylic acid groups (broad SMARTS) is 1. The predicted molar refractivity (Wildman–Crippen MR) is 114 cm³/mol. The van der Waals surface area contributed by atoms with Gasteiger partial charge in [-0.2, -0.15) is 0 Å². The molecule has 29 heavy (non-hydrogen) atoms. The van der Waals surface area contributed by atoms with Gasteiger partial charge in [0.15, 0.2) is 0 Å². The second-order valence-electron chi connectivity index (χ2n) is 6.50. The lowest BCUT2D eigenvalue weighted by atomic mass is 10.1. The van der Waals surface area contributed by atoms with E-state index in [-0.39, 0.29) is 5.92 Å². The second kappa shape index (κ2) is 14.5. The highest BCUT2D eigenvalue weighted by Crippen LogP contribution is 2.20. The first kappa shape index (κ1) is 26.5. The van der Waals surface area contributed by atoms with Crippen LogP contribution in [0.5, 0.6) is 5.75 Å². The minimum Gasteiger partial charge on any atom is -0.480 e. The number of aliphatic hydroxyl groups is 1. The molecule has 0 aliphatic heterocycles. The first-order valence-corrected chi connectivity index (χ1v) is 9.58. The minimum absolute atomic E-state index is 0.0208. The Morgan fingerprint density at radius 3 is 1.93 bits per heavy atom. The lowest BCUT2D eigenvalue weighted by molar-refractivity contribution is -0.142. The van der Waals surface area contributed by atoms with Crippen molar-refractivity contribution in [2.24, 2.45) is 11.7 Å². The molecular formula is C22H33NO6. The Balaban J connectivity index is 0.000000506. The fraction of sp³-hybridized carbons (Fsp3) is 0.455. The number of rotatable bonds is 6. The maximum atomic E-state index is 11.2. The number of fused-ring (bicyclic) bond motifs is 1. The van der Waals surface area contributed by atoms with Gasteiger partial charge < -0.3 is 25.4 Å². The van der Waals surface area contributed by atoms with Crippen LogP contribution >= 0.6 is 0 Å². The van der Waals surface area contributed by atoms with Crippen molar-refractivity contribution < 1.29 is 29.3 Å². The molecule has 0 saturated heterocycles. The Morgan fingerprint density at radius 1 is 1.00 bits per heavy atom. The van der Waals surface area contributed by atoms with E-state index in [9.17, 15) is 9.59 Å². The van der Waals surface area contributed by atoms with Crippen LogP contribution in [-0.2, 0) is 14.3 Å². The number of hydrogen-bond acceptors (Lipinski definition) is 6. The molecule has 0 radical (unpaired) electrons. The van der Waals surface area contributed by atoms with E-state index in [4.69, 9.17) is 25.4 Å². The zero-order valence-electron chi connectivity index (χ0n) is 17.8. The number of ether oxygens (including phenoxy) is 2. The van der Waals surface area contributed by atoms with Crippen LogP contribution in [0.1, 0.15) is 34.6 Å². The van der Waals surface area contributed by atoms with Crippen molar-refractivity contribution in [3.63, 3.8) is 0 Å². The van der Waals surface area contributed by atoms with Crippen LogP contribution in [-0.4, -0.2) is 47.5 Å². The van der Waals surface area contributed by atoms with Gasteiger partial charge in [-0.05, 0) is 49.6 Å². The standard InChI is InChI=1S/C13H12O3.C5H11NO2.C4H10O/c1-9(14)13(15)16-12-7-6-10-4-2-3-5-11(10)8-12;1-3(2)4(6)5(7)8;1-3-5-4-2/h2-9,14H,1H3;3-4H,6H2,1-2H3,(H,7,8);3-4H2,1-2H3/t;4-;/m.0./s1. The molecule has 7 nitrogen and oxygen atoms in total. The molecule has 0 heterocycles. The number of esters is 1. The third-order valence-corrected chi connectivity index (χ3v) is 3.69. The maximum Gasteiger partial charge on any atom is 0.340 e. The highest BCUT2D eigenvalue weighted by Gasteiger charge is 2.14. The van der Waals surface area contributed by atoms with E-state index in [1.807, 2.05) is 44.2 Å². The number of aliphatic hydroxyl groups excluding tert-OH is 1. The Bertz CT molecular complexity index is 743. The van der Waals surface area contributed by atoms with Gasteiger partial charge in [-0.15, -0.1) is 0 Å². The van der Waals surface area contributed by atoms with Gasteiger partial charge in [-0.1, -0.05) is 44.2 Å². The topological polar surface area (TPSA) is 119 Å². The molecule has 0 fully saturated rings. The highest BCUT2D eigenvalue weighted by atomic mass is 16.5. The van der Waals surface area contributed by atoms with Crippen LogP contribution in [0.3, 0.4) is 0 Å². The monoisotopic (exact) mass is 407 g/mol. The predicted octanol–water partition coefficient (Wildman–Crippen LogP) is 3.22. The molecule has 2 atom stereocenters. The van der Waals surface area contributed by atoms with Gasteiger partial charge in [-0.3, -0.25) is 4.79 Å². The summed E-state index contributed by atoms with van der Waals surface area (Å²) in [5.41, 5.74) is 5.16. The van der Waals surface area contributed by atoms with E-state index >= 15 is 0 Å². The first-order chi connectivity index (χ1) is 13.6. The van der Waals surface area contributed by atoms with Crippen LogP contribution < -0.4 is 10.5 Å². The van der Waals surface area contributed by atoms with Crippen molar-refractivity contribution in [2.45, 2.75) is 46.8 Å². The van der Waals surface area contributed by atoms with Gasteiger partial charge in [0, 0.05) is 13.2 Å². The molecule has 0 amide bonds. The van der Waals surface area contributed by atoms with Crippen molar-refractivity contribution in [3.05, 3.63) is 42.5 Å². The third-order valence-electron chi connectivity index (χ3n) is 3.69. The molecule has 0 aliphatic carbocycles. The molecule has 1 unspecified atom stereocenters. The minimum atomic E-state index is -1.11. The Kier molecular flexibility index (Phi) is 13.3. The van der Waals surface area contributed by atoms with Crippen molar-refractivity contribution in [2.75, 3.05) is 13.2 Å². The van der Waals surface area contributed by atoms with Crippen molar-refractivity contribution in [3.8, 4) is 5.75 Å². The number of aliphatic carboxylic acids is 1. The van der Waals surface area contributed by atoms with E-state index < -0.39 is 24.1 Å². The van der Waals surface area contributed by atoms with Crippen LogP contribution in [0, 0.1) is 5.92 Å². The van der Waals surface area contributed by atoms with Crippen LogP contribution in [0.4, 0.5) is 0 Å². The lowest BCUT2D eigenvalue weighted by Gasteiger charge is -2.07. The fourth-order valence-electron chi connectivity index (χ4n) is 1.92. The summed E-state index contributed by atoms with van der Waals surface area (Å²) < 4.78 is 9.83. The van der Waals surface area contributed by atoms with Crippen LogP contribution in [0.2, 0.25) is 0 Å². The van der Waals surface area contributed by atoms with Gasteiger partial charge in [-0.25, -0.2) is 4.79 Å². The van der Waals surface area contributed by atoms with Crippen molar-refractivity contribution >= 4 is 22.7 Å². The summed E-state index contributed by atoms with van der Waals surface area (Å²) in [6.45, 7) is 10.6. The average Bonchev–Trinajstić information content (AvgIpc) is 2.68. The summed E-state index contributed by atoms with van der Waals surface area (Å²) in [5.74, 6) is -1.10. The van der Waals surface area contributed by atoms with Gasteiger partial charge in [0.1, 0.15) is 17.9 Å². The summed E-state index contributed by atoms with van der Waals surface area (Å²) in [5, 5.41) is 19.3. The molecule has 0 aliphatic rings. The van der Waals surface area contributed by atoms with E-state index in [0.717, 1.165) is 24.0 Å². The van der Waals surface area contributed by atoms with E-state index in [0.29, 0.717) is 5.75 Å². The smallest absolute Gasteiger partial charge is 0.340 e. The summed E-state index contributed by atoms with van der Waals surface area (Å²) in [4.78, 5) is 21.2. The molecule has 0 saturated carbocycles. The summed E-state index contributed by atoms with van der Waals surface area (Å²) in [6, 6.07) is 12.4. The summed E-state index contributed by atoms with van der Waals surface area (Å²) in [6.07, 6.45) is -1.11. The highest BCUT2D eigenvalue weighted by molar-refractivity contribution is 5.85. The lowest BCUT2D eigenvalue weighted by Crippen LogP contribution is -2.34. The van der Waals surface area contributed by atoms with Gasteiger partial charge >= 0.3 is 11.9 Å². The Morgan fingerprint density at radius 2 is 1.55 bits per heavy atom. The molecule has 162 valence electrons. The Labute approximate surface area is 172 Å². The fourth-order valence-corrected chi connectivity index (χ4v) is 1.92. The average molecular weight is 408 g/mol. The molecule has 0 bridgehead atoms. The third kappa shape index (κ3) is 11.2. The molecule has 7 heteroatoms. The second-order valence-corrected chi connectivity index (χ2v) is 6.50. The maximum absolute atomic E-state index is 11.2. The quantitative estimate of drug-likeness (QED) is 0.497. The van der Waals surface area contributed by atoms with Crippen LogP contribution in [0.25, 0.3) is 10.8 Å². The van der Waals surface area contributed by atoms with Crippen molar-refractivity contribution in [1.29, 1.82) is 0 Å². The van der Waals surface area contributed by atoms with Gasteiger partial charge in [0.25, 0.3) is 0 Å². The molecule has 2 aromatic carbocycles. The summed E-state index contributed by atoms with van der Waals surface area (Å²) in [7, 11) is 0. The molecule has 2 aromatic rings. The molecule has 0 spiro atoms. The largest absolute Gasteiger partial charge is 0.480 e. The number of carbonyl (C=O) groups is 2. The number of hydrogen-bond donors (Lipinski definition) is 3. The van der Waals surface area contributed by atoms with Crippen LogP contribution in [0.15, 0.2) is 42.5 Å². The molecular weight excluding hydrogens is 374 g/mol. The number of carbonyl (C=O) groups excluding carboxylic acids is 1. The number of benzene rings is 2. The van der Waals surface area contributed by atoms with Gasteiger partial charge in [0.05, 0.1) is 0 Å². The normalized spacial score (nSPS) is 12.1. The Hall–Kier alpha value is -2.48. The first-order valence-electron chi connectivity index (χ1n) is 9.58. The van der Waals surface area contributed by atoms with E-state index in [1.54, 1.807) is 26.0 Å². The molecule has 0 aromatic heterocycles.